The van der Waals surface area contributed by atoms with Crippen LogP contribution in [0, 0.1) is 0 Å². The summed E-state index contributed by atoms with van der Waals surface area (Å²) in [7, 11) is 3.09. The summed E-state index contributed by atoms with van der Waals surface area (Å²) >= 11 is 0. The van der Waals surface area contributed by atoms with Crippen LogP contribution in [0.1, 0.15) is 0 Å². The predicted octanol–water partition coefficient (Wildman–Crippen LogP) is 2.88. The maximum absolute atomic E-state index is 10.7. The van der Waals surface area contributed by atoms with Gasteiger partial charge in [-0.25, -0.2) is 4.79 Å². The topological polar surface area (TPSA) is 104 Å². The van der Waals surface area contributed by atoms with E-state index in [1.54, 1.807) is 56.7 Å². The Bertz CT molecular complexity index is 922. The number of aromatic nitrogens is 2. The highest BCUT2D eigenvalue weighted by Gasteiger charge is 2.16. The van der Waals surface area contributed by atoms with Crippen LogP contribution in [0.4, 0.5) is 0 Å². The molecule has 0 spiro atoms. The van der Waals surface area contributed by atoms with Gasteiger partial charge in [-0.2, -0.15) is 4.98 Å². The van der Waals surface area contributed by atoms with Crippen molar-refractivity contribution < 1.29 is 28.6 Å². The molecule has 0 aliphatic carbocycles. The lowest BCUT2D eigenvalue weighted by molar-refractivity contribution is -0.139. The van der Waals surface area contributed by atoms with Gasteiger partial charge in [0, 0.05) is 5.56 Å². The second kappa shape index (κ2) is 7.56. The third-order valence-corrected chi connectivity index (χ3v) is 3.54. The summed E-state index contributed by atoms with van der Waals surface area (Å²) in [5.41, 5.74) is 1.19. The van der Waals surface area contributed by atoms with Gasteiger partial charge in [0.15, 0.2) is 18.1 Å². The fourth-order valence-corrected chi connectivity index (χ4v) is 2.33. The largest absolute Gasteiger partial charge is 0.493 e. The molecule has 8 nitrogen and oxygen atoms in total. The van der Waals surface area contributed by atoms with Gasteiger partial charge in [0.05, 0.1) is 19.8 Å². The standard InChI is InChI=1S/C18H16N2O6/c1-23-14-8-7-11(9-15(14)24-2)17-19-18(26-20-17)12-5-3-4-6-13(12)25-10-16(21)22/h3-9H,10H2,1-2H3,(H,21,22). The Morgan fingerprint density at radius 3 is 2.58 bits per heavy atom. The van der Waals surface area contributed by atoms with Crippen molar-refractivity contribution >= 4 is 5.97 Å². The Balaban J connectivity index is 1.92. The number of rotatable bonds is 7. The molecule has 0 fully saturated rings. The van der Waals surface area contributed by atoms with Crippen molar-refractivity contribution in [3.63, 3.8) is 0 Å². The fraction of sp³-hybridized carbons (Fsp3) is 0.167. The Labute approximate surface area is 148 Å². The normalized spacial score (nSPS) is 10.4. The molecule has 1 N–H and O–H groups in total. The Morgan fingerprint density at radius 1 is 1.08 bits per heavy atom. The van der Waals surface area contributed by atoms with Crippen LogP contribution in [0.3, 0.4) is 0 Å². The SMILES string of the molecule is COc1ccc(-c2noc(-c3ccccc3OCC(=O)O)n2)cc1OC. The first-order valence-corrected chi connectivity index (χ1v) is 7.62. The molecule has 0 bridgehead atoms. The summed E-state index contributed by atoms with van der Waals surface area (Å²) in [4.78, 5) is 15.1. The van der Waals surface area contributed by atoms with Crippen LogP contribution in [-0.2, 0) is 4.79 Å². The van der Waals surface area contributed by atoms with Gasteiger partial charge in [-0.3, -0.25) is 0 Å². The maximum atomic E-state index is 10.7. The van der Waals surface area contributed by atoms with Gasteiger partial charge >= 0.3 is 5.97 Å². The summed E-state index contributed by atoms with van der Waals surface area (Å²) < 4.78 is 21.1. The highest BCUT2D eigenvalue weighted by atomic mass is 16.5. The van der Waals surface area contributed by atoms with E-state index in [-0.39, 0.29) is 5.89 Å². The third kappa shape index (κ3) is 3.59. The van der Waals surface area contributed by atoms with Crippen LogP contribution in [0.2, 0.25) is 0 Å². The smallest absolute Gasteiger partial charge is 0.341 e. The first-order valence-electron chi connectivity index (χ1n) is 7.62. The Kier molecular flexibility index (Phi) is 5.02. The minimum atomic E-state index is -1.07. The zero-order valence-corrected chi connectivity index (χ0v) is 14.1. The molecule has 134 valence electrons. The molecule has 0 saturated carbocycles. The molecule has 0 atom stereocenters. The minimum Gasteiger partial charge on any atom is -0.493 e. The molecule has 3 aromatic rings. The van der Waals surface area contributed by atoms with Gasteiger partial charge in [-0.15, -0.1) is 0 Å². The van der Waals surface area contributed by atoms with E-state index in [9.17, 15) is 4.79 Å². The monoisotopic (exact) mass is 356 g/mol. The first kappa shape index (κ1) is 17.3. The Hall–Kier alpha value is -3.55. The van der Waals surface area contributed by atoms with Crippen molar-refractivity contribution in [1.82, 2.24) is 10.1 Å². The molecule has 2 aromatic carbocycles. The average Bonchev–Trinajstić information content (AvgIpc) is 3.16. The molecule has 0 saturated heterocycles. The van der Waals surface area contributed by atoms with Gasteiger partial charge in [0.25, 0.3) is 5.89 Å². The number of benzene rings is 2. The van der Waals surface area contributed by atoms with E-state index in [1.165, 1.54) is 0 Å². The molecule has 0 radical (unpaired) electrons. The van der Waals surface area contributed by atoms with Crippen LogP contribution < -0.4 is 14.2 Å². The number of carboxylic acids is 1. The van der Waals surface area contributed by atoms with E-state index in [0.717, 1.165) is 0 Å². The molecule has 1 aromatic heterocycles. The number of carboxylic acid groups (broad SMARTS) is 1. The lowest BCUT2D eigenvalue weighted by atomic mass is 10.2. The molecular formula is C18H16N2O6. The van der Waals surface area contributed by atoms with Crippen LogP contribution >= 0.6 is 0 Å². The number of nitrogens with zero attached hydrogens (tertiary/aromatic N) is 2. The van der Waals surface area contributed by atoms with Crippen LogP contribution in [-0.4, -0.2) is 42.0 Å². The van der Waals surface area contributed by atoms with Gasteiger partial charge < -0.3 is 23.8 Å². The van der Waals surface area contributed by atoms with E-state index in [0.29, 0.717) is 34.2 Å². The van der Waals surface area contributed by atoms with Gasteiger partial charge in [0.2, 0.25) is 5.82 Å². The van der Waals surface area contributed by atoms with Gasteiger partial charge in [-0.1, -0.05) is 17.3 Å². The van der Waals surface area contributed by atoms with Crippen LogP contribution in [0.5, 0.6) is 17.2 Å². The molecule has 3 rings (SSSR count). The summed E-state index contributed by atoms with van der Waals surface area (Å²) in [6.45, 7) is -0.465. The third-order valence-electron chi connectivity index (χ3n) is 3.54. The van der Waals surface area contributed by atoms with Crippen molar-refractivity contribution in [2.75, 3.05) is 20.8 Å². The first-order chi connectivity index (χ1) is 12.6. The zero-order valence-electron chi connectivity index (χ0n) is 14.1. The molecule has 26 heavy (non-hydrogen) atoms. The van der Waals surface area contributed by atoms with Crippen LogP contribution in [0.25, 0.3) is 22.8 Å². The van der Waals surface area contributed by atoms with E-state index >= 15 is 0 Å². The van der Waals surface area contributed by atoms with Crippen molar-refractivity contribution in [2.45, 2.75) is 0 Å². The number of methoxy groups -OCH3 is 2. The highest BCUT2D eigenvalue weighted by molar-refractivity contribution is 5.70. The lowest BCUT2D eigenvalue weighted by Gasteiger charge is -2.07. The molecule has 0 amide bonds. The molecule has 0 aliphatic heterocycles. The van der Waals surface area contributed by atoms with Gasteiger partial charge in [0.1, 0.15) is 5.75 Å². The lowest BCUT2D eigenvalue weighted by Crippen LogP contribution is -2.09. The number of ether oxygens (including phenoxy) is 3. The summed E-state index contributed by atoms with van der Waals surface area (Å²) in [5.74, 6) is 0.979. The number of para-hydroxylation sites is 1. The van der Waals surface area contributed by atoms with Crippen molar-refractivity contribution in [1.29, 1.82) is 0 Å². The number of hydrogen-bond donors (Lipinski definition) is 1. The van der Waals surface area contributed by atoms with Gasteiger partial charge in [-0.05, 0) is 30.3 Å². The molecule has 8 heteroatoms. The second-order valence-corrected chi connectivity index (χ2v) is 5.17. The van der Waals surface area contributed by atoms with Crippen molar-refractivity contribution in [2.24, 2.45) is 0 Å². The Morgan fingerprint density at radius 2 is 1.85 bits per heavy atom. The number of aliphatic carboxylic acids is 1. The maximum Gasteiger partial charge on any atom is 0.341 e. The van der Waals surface area contributed by atoms with Crippen molar-refractivity contribution in [3.8, 4) is 40.1 Å². The summed E-state index contributed by atoms with van der Waals surface area (Å²) in [6, 6.07) is 12.1. The van der Waals surface area contributed by atoms with E-state index < -0.39 is 12.6 Å². The number of carbonyl (C=O) groups is 1. The predicted molar refractivity (Wildman–Crippen MR) is 91.4 cm³/mol. The average molecular weight is 356 g/mol. The minimum absolute atomic E-state index is 0.218. The van der Waals surface area contributed by atoms with E-state index in [2.05, 4.69) is 10.1 Å². The highest BCUT2D eigenvalue weighted by Crippen LogP contribution is 2.33. The second-order valence-electron chi connectivity index (χ2n) is 5.17. The molecular weight excluding hydrogens is 340 g/mol. The van der Waals surface area contributed by atoms with E-state index in [4.69, 9.17) is 23.8 Å². The van der Waals surface area contributed by atoms with E-state index in [1.807, 2.05) is 0 Å². The fourth-order valence-electron chi connectivity index (χ4n) is 2.33. The number of hydrogen-bond acceptors (Lipinski definition) is 7. The molecule has 0 unspecified atom stereocenters. The quantitative estimate of drug-likeness (QED) is 0.689. The van der Waals surface area contributed by atoms with Crippen LogP contribution in [0.15, 0.2) is 47.0 Å². The summed E-state index contributed by atoms with van der Waals surface area (Å²) in [5, 5.41) is 12.8. The molecule has 0 aliphatic rings. The summed E-state index contributed by atoms with van der Waals surface area (Å²) in [6.07, 6.45) is 0. The molecule has 1 heterocycles. The van der Waals surface area contributed by atoms with Crippen molar-refractivity contribution in [3.05, 3.63) is 42.5 Å². The zero-order chi connectivity index (χ0) is 18.5.